The van der Waals surface area contributed by atoms with E-state index in [1.54, 1.807) is 35.0 Å². The van der Waals surface area contributed by atoms with Gasteiger partial charge in [0.2, 0.25) is 0 Å². The molecular weight excluding hydrogens is 803 g/mol. The largest absolute Gasteiger partial charge is 0.507 e. The maximum absolute atomic E-state index is 13.1. The summed E-state index contributed by atoms with van der Waals surface area (Å²) >= 11 is 0. The van der Waals surface area contributed by atoms with Crippen LogP contribution in [0.3, 0.4) is 0 Å². The van der Waals surface area contributed by atoms with Crippen LogP contribution in [0.15, 0.2) is 140 Å². The van der Waals surface area contributed by atoms with E-state index in [0.717, 1.165) is 33.9 Å². The van der Waals surface area contributed by atoms with Crippen molar-refractivity contribution in [1.29, 1.82) is 0 Å². The lowest BCUT2D eigenvalue weighted by atomic mass is 9.79. The lowest BCUT2D eigenvalue weighted by Crippen LogP contribution is -2.17. The molecule has 0 saturated carbocycles. The second-order valence-electron chi connectivity index (χ2n) is 20.5. The van der Waals surface area contributed by atoms with Gasteiger partial charge in [-0.15, -0.1) is 0 Å². The molecule has 0 aliphatic carbocycles. The van der Waals surface area contributed by atoms with Crippen LogP contribution in [-0.2, 0) is 27.1 Å². The van der Waals surface area contributed by atoms with Gasteiger partial charge in [-0.1, -0.05) is 188 Å². The Bertz CT molecular complexity index is 3690. The Morgan fingerprint density at radius 3 is 1.73 bits per heavy atom. The Balaban J connectivity index is 1.59. The summed E-state index contributed by atoms with van der Waals surface area (Å²) in [5, 5.41) is 13.1. The molecule has 0 atom stereocenters. The van der Waals surface area contributed by atoms with E-state index in [9.17, 15) is 5.11 Å². The van der Waals surface area contributed by atoms with E-state index in [4.69, 9.17) is 34.6 Å². The molecule has 2 heterocycles. The minimum Gasteiger partial charge on any atom is -0.507 e. The minimum absolute atomic E-state index is 0.0600. The van der Waals surface area contributed by atoms with E-state index in [2.05, 4.69) is 71.9 Å². The number of para-hydroxylation sites is 1. The average Bonchev–Trinajstić information content (AvgIpc) is 0.807. The van der Waals surface area contributed by atoms with E-state index < -0.39 is 91.0 Å². The Labute approximate surface area is 420 Å². The lowest BCUT2D eigenvalue weighted by Gasteiger charge is -2.28. The van der Waals surface area contributed by atoms with E-state index in [0.29, 0.717) is 45.2 Å². The first-order valence-electron chi connectivity index (χ1n) is 31.1. The minimum atomic E-state index is -4.14. The number of hydrogen-bond acceptors (Lipinski definition) is 3. The van der Waals surface area contributed by atoms with Gasteiger partial charge in [0, 0.05) is 53.1 Å². The fourth-order valence-electron chi connectivity index (χ4n) is 8.41. The predicted octanol–water partition coefficient (Wildman–Crippen LogP) is 16.9. The second-order valence-corrected chi connectivity index (χ2v) is 20.5. The van der Waals surface area contributed by atoms with Gasteiger partial charge in [-0.25, -0.2) is 4.98 Å². The first kappa shape index (κ1) is 28.7. The highest BCUT2D eigenvalue weighted by atomic mass is 16.3. The Kier molecular flexibility index (Phi) is 7.20. The van der Waals surface area contributed by atoms with Gasteiger partial charge in [-0.3, -0.25) is 9.55 Å². The normalized spacial score (nSPS) is 18.0. The number of hydrogen-bond donors (Lipinski definition) is 1. The van der Waals surface area contributed by atoms with Crippen molar-refractivity contribution in [3.05, 3.63) is 167 Å². The van der Waals surface area contributed by atoms with Crippen LogP contribution in [0.1, 0.15) is 156 Å². The van der Waals surface area contributed by atoms with Crippen LogP contribution in [0.2, 0.25) is 0 Å². The highest BCUT2D eigenvalue weighted by Gasteiger charge is 2.30. The number of phenolic OH excluding ortho intramolecular Hbond substituents is 1. The molecule has 1 N–H and O–H groups in total. The van der Waals surface area contributed by atoms with Crippen molar-refractivity contribution >= 4 is 11.0 Å². The van der Waals surface area contributed by atoms with Crippen molar-refractivity contribution in [2.75, 3.05) is 0 Å². The third-order valence-corrected chi connectivity index (χ3v) is 12.3. The first-order chi connectivity index (χ1) is 38.3. The van der Waals surface area contributed by atoms with Crippen molar-refractivity contribution in [3.8, 4) is 67.5 Å². The average molecular weight is 890 g/mol. The molecule has 2 aromatic heterocycles. The van der Waals surface area contributed by atoms with Gasteiger partial charge in [0.05, 0.1) is 28.0 Å². The molecule has 8 rings (SSSR count). The highest BCUT2D eigenvalue weighted by molar-refractivity contribution is 5.98. The number of rotatable bonds is 6. The summed E-state index contributed by atoms with van der Waals surface area (Å²) in [4.78, 5) is 10.1. The molecule has 0 aliphatic heterocycles. The summed E-state index contributed by atoms with van der Waals surface area (Å²) in [5.41, 5.74) is -3.24. The Morgan fingerprint density at radius 1 is 0.455 bits per heavy atom. The van der Waals surface area contributed by atoms with Crippen LogP contribution in [0.5, 0.6) is 5.75 Å². The van der Waals surface area contributed by atoms with E-state index in [-0.39, 0.29) is 10.9 Å². The van der Waals surface area contributed by atoms with Crippen LogP contribution in [-0.4, -0.2) is 19.6 Å². The maximum Gasteiger partial charge on any atom is 0.149 e. The molecule has 0 radical (unpaired) electrons. The number of aromatic nitrogens is 3. The van der Waals surface area contributed by atoms with E-state index in [1.165, 1.54) is 5.56 Å². The monoisotopic (exact) mass is 890 g/mol. The fraction of sp³-hybridized carbons (Fsp3) is 0.323. The van der Waals surface area contributed by atoms with Gasteiger partial charge in [0.15, 0.2) is 0 Å². The molecular formula is C62H69N3O. The Morgan fingerprint density at radius 2 is 1.08 bits per heavy atom. The van der Waals surface area contributed by atoms with Crippen LogP contribution < -0.4 is 0 Å². The molecule has 8 aromatic rings. The fourth-order valence-corrected chi connectivity index (χ4v) is 8.41. The predicted molar refractivity (Wildman–Crippen MR) is 281 cm³/mol. The number of pyridine rings is 1. The van der Waals surface area contributed by atoms with Crippen molar-refractivity contribution in [2.45, 2.75) is 130 Å². The molecule has 4 heteroatoms. The third-order valence-electron chi connectivity index (χ3n) is 12.3. The zero-order valence-electron chi connectivity index (χ0n) is 57.1. The number of aromatic hydroxyl groups is 1. The van der Waals surface area contributed by atoms with Crippen LogP contribution in [0.4, 0.5) is 0 Å². The number of fused-ring (bicyclic) bond motifs is 1. The zero-order valence-corrected chi connectivity index (χ0v) is 39.1. The number of imidazole rings is 1. The third kappa shape index (κ3) is 9.12. The van der Waals surface area contributed by atoms with Gasteiger partial charge in [-0.05, 0) is 120 Å². The standard InChI is InChI=1S/C62H69N3O/c1-58(2,3)44-26-24-39(25-27-44)41-30-31-63-52(35-41)43-32-42(33-46(34-43)60(7,8)9)48-22-19-23-54-55(48)64-57(50-37-47(61(10,11)12)38-51(56(50)66)62(13,14)15)65(54)53-29-28-45(59(4,5)6)36-49(53)40-20-17-16-18-21-40/h16-38,66H,1-15H3/i10D3,11D3,12D3,13D3,14D3,15D3. The second kappa shape index (κ2) is 16.6. The molecule has 0 spiro atoms. The summed E-state index contributed by atoms with van der Waals surface area (Å²) in [6, 6.07) is 39.3. The van der Waals surface area contributed by atoms with Crippen LogP contribution in [0.25, 0.3) is 72.7 Å². The van der Waals surface area contributed by atoms with Crippen LogP contribution in [0, 0.1) is 0 Å². The molecule has 0 bridgehead atoms. The van der Waals surface area contributed by atoms with Gasteiger partial charge in [0.1, 0.15) is 11.6 Å². The van der Waals surface area contributed by atoms with Crippen LogP contribution >= 0.6 is 0 Å². The zero-order chi connectivity index (χ0) is 62.7. The molecule has 338 valence electrons. The smallest absolute Gasteiger partial charge is 0.149 e. The van der Waals surface area contributed by atoms with Gasteiger partial charge >= 0.3 is 0 Å². The molecule has 66 heavy (non-hydrogen) atoms. The SMILES string of the molecule is [2H]C([2H])([2H])C(c1cc(-c2nc3c(-c4cc(-c5cc(-c6ccc(C(C)(C)C)cc6)ccn5)cc(C(C)(C)C)c4)cccc3n2-c2ccc(C(C)(C)C)cc2-c2ccccc2)c(O)c(C(C([2H])([2H])[2H])(C([2H])([2H])[2H])C([2H])([2H])[2H])c1)(C([2H])([2H])[2H])C([2H])([2H])[2H]. The number of phenols is 1. The molecule has 0 fully saturated rings. The van der Waals surface area contributed by atoms with Gasteiger partial charge in [-0.2, -0.15) is 0 Å². The summed E-state index contributed by atoms with van der Waals surface area (Å²) in [7, 11) is 0. The van der Waals surface area contributed by atoms with Crippen molar-refractivity contribution in [3.63, 3.8) is 0 Å². The summed E-state index contributed by atoms with van der Waals surface area (Å²) in [6.45, 7) is -5.86. The highest BCUT2D eigenvalue weighted by Crippen LogP contribution is 2.46. The quantitative estimate of drug-likeness (QED) is 0.181. The summed E-state index contributed by atoms with van der Waals surface area (Å²) in [6.07, 6.45) is 1.74. The molecule has 0 unspecified atom stereocenters. The number of benzene rings is 6. The van der Waals surface area contributed by atoms with Crippen molar-refractivity contribution in [1.82, 2.24) is 14.5 Å². The summed E-state index contributed by atoms with van der Waals surface area (Å²) < 4.78 is 160. The lowest BCUT2D eigenvalue weighted by molar-refractivity contribution is 0.446. The molecule has 0 saturated heterocycles. The maximum atomic E-state index is 13.1. The van der Waals surface area contributed by atoms with E-state index in [1.807, 2.05) is 87.5 Å². The van der Waals surface area contributed by atoms with E-state index >= 15 is 0 Å². The van der Waals surface area contributed by atoms with Gasteiger partial charge in [0.25, 0.3) is 0 Å². The molecule has 0 aliphatic rings. The van der Waals surface area contributed by atoms with Crippen molar-refractivity contribution < 1.29 is 29.8 Å². The van der Waals surface area contributed by atoms with Gasteiger partial charge < -0.3 is 5.11 Å². The molecule has 4 nitrogen and oxygen atoms in total. The Hall–Kier alpha value is -6.26. The first-order valence-corrected chi connectivity index (χ1v) is 22.1. The topological polar surface area (TPSA) is 50.9 Å². The summed E-state index contributed by atoms with van der Waals surface area (Å²) in [5.74, 6) is -1.75. The van der Waals surface area contributed by atoms with Crippen molar-refractivity contribution in [2.24, 2.45) is 0 Å². The molecule has 6 aromatic carbocycles. The molecule has 0 amide bonds. The number of nitrogens with zero attached hydrogens (tertiary/aromatic N) is 3.